The van der Waals surface area contributed by atoms with Gasteiger partial charge in [0.15, 0.2) is 0 Å². The minimum atomic E-state index is -0.408. The number of phenolic OH excluding ortho intramolecular Hbond substituents is 1. The lowest BCUT2D eigenvalue weighted by molar-refractivity contribution is 0.00578. The highest BCUT2D eigenvalue weighted by molar-refractivity contribution is 6.62. The molecule has 0 spiro atoms. The fourth-order valence-corrected chi connectivity index (χ4v) is 3.58. The molecule has 1 aromatic carbocycles. The second kappa shape index (κ2) is 6.14. The van der Waals surface area contributed by atoms with E-state index in [1.165, 1.54) is 32.1 Å². The molecule has 1 aliphatic carbocycles. The fraction of sp³-hybridized carbons (Fsp3) is 0.684. The van der Waals surface area contributed by atoms with Gasteiger partial charge in [-0.05, 0) is 57.1 Å². The quantitative estimate of drug-likeness (QED) is 0.862. The van der Waals surface area contributed by atoms with Crippen LogP contribution in [-0.2, 0) is 15.7 Å². The molecule has 3 nitrogen and oxygen atoms in total. The van der Waals surface area contributed by atoms with Gasteiger partial charge < -0.3 is 14.4 Å². The zero-order chi connectivity index (χ0) is 16.7. The molecule has 1 aromatic rings. The third kappa shape index (κ3) is 3.43. The normalized spacial score (nSPS) is 24.1. The molecule has 0 aromatic heterocycles. The summed E-state index contributed by atoms with van der Waals surface area (Å²) in [4.78, 5) is 0. The van der Waals surface area contributed by atoms with Crippen molar-refractivity contribution in [3.8, 4) is 5.75 Å². The van der Waals surface area contributed by atoms with Crippen LogP contribution in [0.4, 0.5) is 0 Å². The summed E-state index contributed by atoms with van der Waals surface area (Å²) in [7, 11) is -0.408. The summed E-state index contributed by atoms with van der Waals surface area (Å²) >= 11 is 0. The molecule has 3 rings (SSSR count). The van der Waals surface area contributed by atoms with E-state index < -0.39 is 7.12 Å². The van der Waals surface area contributed by atoms with E-state index in [0.29, 0.717) is 5.75 Å². The molecule has 0 bridgehead atoms. The van der Waals surface area contributed by atoms with Gasteiger partial charge in [0.25, 0.3) is 0 Å². The van der Waals surface area contributed by atoms with Crippen LogP contribution < -0.4 is 5.46 Å². The molecule has 0 atom stereocenters. The smallest absolute Gasteiger partial charge is 0.494 e. The maximum atomic E-state index is 10.4. The van der Waals surface area contributed by atoms with Crippen LogP contribution >= 0.6 is 0 Å². The van der Waals surface area contributed by atoms with Crippen molar-refractivity contribution >= 4 is 12.6 Å². The number of benzene rings is 1. The molecule has 23 heavy (non-hydrogen) atoms. The van der Waals surface area contributed by atoms with Crippen LogP contribution in [0.25, 0.3) is 0 Å². The Kier molecular flexibility index (Phi) is 4.50. The SMILES string of the molecule is CC1(C)OB(c2ccc(CC3CCCCC3)c(O)c2)OC1(C)C. The van der Waals surface area contributed by atoms with Crippen molar-refractivity contribution in [1.29, 1.82) is 0 Å². The Hall–Kier alpha value is -0.995. The number of rotatable bonds is 3. The Labute approximate surface area is 140 Å². The van der Waals surface area contributed by atoms with E-state index in [1.807, 2.05) is 45.9 Å². The van der Waals surface area contributed by atoms with Gasteiger partial charge in [-0.15, -0.1) is 0 Å². The van der Waals surface area contributed by atoms with Crippen LogP contribution in [0.2, 0.25) is 0 Å². The first-order chi connectivity index (χ1) is 10.8. The van der Waals surface area contributed by atoms with Gasteiger partial charge in [0.1, 0.15) is 5.75 Å². The third-order valence-corrected chi connectivity index (χ3v) is 5.87. The standard InChI is InChI=1S/C19H29BO3/c1-18(2)19(3,4)23-20(22-18)16-11-10-15(17(21)13-16)12-14-8-6-5-7-9-14/h10-11,13-14,21H,5-9,12H2,1-4H3. The average molecular weight is 316 g/mol. The summed E-state index contributed by atoms with van der Waals surface area (Å²) < 4.78 is 12.1. The maximum Gasteiger partial charge on any atom is 0.494 e. The largest absolute Gasteiger partial charge is 0.508 e. The van der Waals surface area contributed by atoms with Crippen molar-refractivity contribution in [2.24, 2.45) is 5.92 Å². The molecule has 1 heterocycles. The first-order valence-electron chi connectivity index (χ1n) is 8.96. The van der Waals surface area contributed by atoms with E-state index in [0.717, 1.165) is 23.4 Å². The molecule has 0 amide bonds. The topological polar surface area (TPSA) is 38.7 Å². The molecule has 4 heteroatoms. The van der Waals surface area contributed by atoms with Crippen molar-refractivity contribution in [1.82, 2.24) is 0 Å². The van der Waals surface area contributed by atoms with E-state index in [-0.39, 0.29) is 11.2 Å². The van der Waals surface area contributed by atoms with Gasteiger partial charge in [0.2, 0.25) is 0 Å². The zero-order valence-corrected chi connectivity index (χ0v) is 14.9. The maximum absolute atomic E-state index is 10.4. The molecule has 2 fully saturated rings. The first kappa shape index (κ1) is 16.8. The summed E-state index contributed by atoms with van der Waals surface area (Å²) in [6, 6.07) is 5.91. The summed E-state index contributed by atoms with van der Waals surface area (Å²) in [5.74, 6) is 1.10. The molecule has 1 N–H and O–H groups in total. The van der Waals surface area contributed by atoms with Gasteiger partial charge in [-0.3, -0.25) is 0 Å². The lowest BCUT2D eigenvalue weighted by Crippen LogP contribution is -2.41. The van der Waals surface area contributed by atoms with E-state index >= 15 is 0 Å². The lowest BCUT2D eigenvalue weighted by atomic mass is 9.77. The van der Waals surface area contributed by atoms with E-state index in [4.69, 9.17) is 9.31 Å². The Bertz CT molecular complexity index is 546. The third-order valence-electron chi connectivity index (χ3n) is 5.87. The molecule has 1 saturated carbocycles. The van der Waals surface area contributed by atoms with Gasteiger partial charge in [-0.2, -0.15) is 0 Å². The highest BCUT2D eigenvalue weighted by Crippen LogP contribution is 2.37. The van der Waals surface area contributed by atoms with Gasteiger partial charge in [-0.1, -0.05) is 44.2 Å². The highest BCUT2D eigenvalue weighted by Gasteiger charge is 2.51. The minimum absolute atomic E-state index is 0.353. The predicted molar refractivity (Wildman–Crippen MR) is 94.1 cm³/mol. The van der Waals surface area contributed by atoms with Crippen LogP contribution in [0.1, 0.15) is 65.4 Å². The van der Waals surface area contributed by atoms with Crippen molar-refractivity contribution in [2.45, 2.75) is 77.4 Å². The first-order valence-corrected chi connectivity index (χ1v) is 8.96. The van der Waals surface area contributed by atoms with Gasteiger partial charge >= 0.3 is 7.12 Å². The van der Waals surface area contributed by atoms with Crippen molar-refractivity contribution < 1.29 is 14.4 Å². The van der Waals surface area contributed by atoms with E-state index in [9.17, 15) is 5.11 Å². The summed E-state index contributed by atoms with van der Waals surface area (Å²) in [6.07, 6.45) is 7.59. The average Bonchev–Trinajstić information content (AvgIpc) is 2.71. The van der Waals surface area contributed by atoms with Crippen LogP contribution in [0.3, 0.4) is 0 Å². The molecule has 0 unspecified atom stereocenters. The molecule has 0 radical (unpaired) electrons. The Morgan fingerprint density at radius 2 is 1.65 bits per heavy atom. The fourth-order valence-electron chi connectivity index (χ4n) is 3.58. The number of aromatic hydroxyl groups is 1. The highest BCUT2D eigenvalue weighted by atomic mass is 16.7. The monoisotopic (exact) mass is 316 g/mol. The predicted octanol–water partition coefficient (Wildman–Crippen LogP) is 3.81. The van der Waals surface area contributed by atoms with Crippen molar-refractivity contribution in [3.63, 3.8) is 0 Å². The number of hydrogen-bond acceptors (Lipinski definition) is 3. The molecule has 1 aliphatic heterocycles. The van der Waals surface area contributed by atoms with E-state index in [1.54, 1.807) is 0 Å². The molecular formula is C19H29BO3. The van der Waals surface area contributed by atoms with Crippen LogP contribution in [0, 0.1) is 5.92 Å². The molecule has 126 valence electrons. The Morgan fingerprint density at radius 1 is 1.04 bits per heavy atom. The zero-order valence-electron chi connectivity index (χ0n) is 14.9. The second-order valence-corrected chi connectivity index (χ2v) is 8.18. The van der Waals surface area contributed by atoms with Crippen molar-refractivity contribution in [2.75, 3.05) is 0 Å². The van der Waals surface area contributed by atoms with Gasteiger partial charge in [0.05, 0.1) is 11.2 Å². The lowest BCUT2D eigenvalue weighted by Gasteiger charge is -2.32. The second-order valence-electron chi connectivity index (χ2n) is 8.18. The van der Waals surface area contributed by atoms with Crippen LogP contribution in [0.15, 0.2) is 18.2 Å². The summed E-state index contributed by atoms with van der Waals surface area (Å²) in [5.41, 5.74) is 1.24. The molecule has 2 aliphatic rings. The summed E-state index contributed by atoms with van der Waals surface area (Å²) in [5, 5.41) is 10.4. The molecule has 1 saturated heterocycles. The van der Waals surface area contributed by atoms with Gasteiger partial charge in [-0.25, -0.2) is 0 Å². The summed E-state index contributed by atoms with van der Waals surface area (Å²) in [6.45, 7) is 8.18. The minimum Gasteiger partial charge on any atom is -0.508 e. The van der Waals surface area contributed by atoms with E-state index in [2.05, 4.69) is 0 Å². The molecular weight excluding hydrogens is 287 g/mol. The van der Waals surface area contributed by atoms with Gasteiger partial charge in [0, 0.05) is 0 Å². The Balaban J connectivity index is 1.72. The number of phenols is 1. The Morgan fingerprint density at radius 3 is 2.22 bits per heavy atom. The number of hydrogen-bond donors (Lipinski definition) is 1. The van der Waals surface area contributed by atoms with Crippen LogP contribution in [0.5, 0.6) is 5.75 Å². The van der Waals surface area contributed by atoms with Crippen molar-refractivity contribution in [3.05, 3.63) is 23.8 Å². The van der Waals surface area contributed by atoms with Crippen LogP contribution in [-0.4, -0.2) is 23.4 Å².